The SMILES string of the molecule is CCNCCOc1cc(C)c(C)cc1C. The Morgan fingerprint density at radius 1 is 1.07 bits per heavy atom. The molecule has 15 heavy (non-hydrogen) atoms. The van der Waals surface area contributed by atoms with Gasteiger partial charge in [0.25, 0.3) is 0 Å². The molecular formula is C13H21NO. The van der Waals surface area contributed by atoms with Gasteiger partial charge in [-0.05, 0) is 50.1 Å². The summed E-state index contributed by atoms with van der Waals surface area (Å²) in [5.74, 6) is 1.01. The molecule has 0 aliphatic rings. The molecule has 2 heteroatoms. The van der Waals surface area contributed by atoms with Gasteiger partial charge in [0.05, 0.1) is 0 Å². The standard InChI is InChI=1S/C13H21NO/c1-5-14-6-7-15-13-9-11(3)10(2)8-12(13)4/h8-9,14H,5-7H2,1-4H3. The van der Waals surface area contributed by atoms with Gasteiger partial charge in [-0.3, -0.25) is 0 Å². The fraction of sp³-hybridized carbons (Fsp3) is 0.538. The van der Waals surface area contributed by atoms with Crippen LogP contribution in [0, 0.1) is 20.8 Å². The van der Waals surface area contributed by atoms with E-state index in [4.69, 9.17) is 4.74 Å². The lowest BCUT2D eigenvalue weighted by atomic mass is 10.1. The molecule has 0 bridgehead atoms. The summed E-state index contributed by atoms with van der Waals surface area (Å²) in [6.07, 6.45) is 0. The molecule has 0 spiro atoms. The van der Waals surface area contributed by atoms with E-state index < -0.39 is 0 Å². The smallest absolute Gasteiger partial charge is 0.122 e. The summed E-state index contributed by atoms with van der Waals surface area (Å²) < 4.78 is 5.71. The molecule has 0 heterocycles. The second-order valence-corrected chi connectivity index (χ2v) is 3.90. The quantitative estimate of drug-likeness (QED) is 0.749. The van der Waals surface area contributed by atoms with Gasteiger partial charge < -0.3 is 10.1 Å². The molecule has 0 fully saturated rings. The maximum atomic E-state index is 5.71. The van der Waals surface area contributed by atoms with Crippen molar-refractivity contribution in [2.24, 2.45) is 0 Å². The van der Waals surface area contributed by atoms with Crippen LogP contribution in [0.4, 0.5) is 0 Å². The van der Waals surface area contributed by atoms with Crippen LogP contribution in [-0.2, 0) is 0 Å². The lowest BCUT2D eigenvalue weighted by molar-refractivity contribution is 0.313. The minimum absolute atomic E-state index is 0.733. The zero-order valence-corrected chi connectivity index (χ0v) is 10.2. The van der Waals surface area contributed by atoms with E-state index >= 15 is 0 Å². The van der Waals surface area contributed by atoms with E-state index in [2.05, 4.69) is 45.1 Å². The Morgan fingerprint density at radius 2 is 1.73 bits per heavy atom. The predicted molar refractivity (Wildman–Crippen MR) is 64.7 cm³/mol. The molecule has 1 N–H and O–H groups in total. The van der Waals surface area contributed by atoms with Gasteiger partial charge in [-0.1, -0.05) is 13.0 Å². The topological polar surface area (TPSA) is 21.3 Å². The first kappa shape index (κ1) is 12.1. The number of benzene rings is 1. The van der Waals surface area contributed by atoms with Crippen molar-refractivity contribution in [1.82, 2.24) is 5.32 Å². The lowest BCUT2D eigenvalue weighted by Gasteiger charge is -2.11. The Morgan fingerprint density at radius 3 is 2.40 bits per heavy atom. The molecule has 0 aliphatic heterocycles. The van der Waals surface area contributed by atoms with Crippen LogP contribution in [0.15, 0.2) is 12.1 Å². The van der Waals surface area contributed by atoms with Crippen molar-refractivity contribution in [2.75, 3.05) is 19.7 Å². The zero-order valence-electron chi connectivity index (χ0n) is 10.2. The summed E-state index contributed by atoms with van der Waals surface area (Å²) in [5.41, 5.74) is 3.83. The molecule has 0 unspecified atom stereocenters. The van der Waals surface area contributed by atoms with Gasteiger partial charge in [-0.25, -0.2) is 0 Å². The first-order valence-electron chi connectivity index (χ1n) is 5.56. The number of nitrogens with one attached hydrogen (secondary N) is 1. The van der Waals surface area contributed by atoms with Crippen molar-refractivity contribution in [1.29, 1.82) is 0 Å². The highest BCUT2D eigenvalue weighted by Crippen LogP contribution is 2.21. The van der Waals surface area contributed by atoms with E-state index in [0.29, 0.717) is 0 Å². The van der Waals surface area contributed by atoms with Crippen molar-refractivity contribution in [2.45, 2.75) is 27.7 Å². The van der Waals surface area contributed by atoms with Crippen LogP contribution < -0.4 is 10.1 Å². The molecule has 0 atom stereocenters. The normalized spacial score (nSPS) is 10.4. The predicted octanol–water partition coefficient (Wildman–Crippen LogP) is 2.60. The fourth-order valence-electron chi connectivity index (χ4n) is 1.50. The van der Waals surface area contributed by atoms with Gasteiger partial charge in [0.15, 0.2) is 0 Å². The summed E-state index contributed by atoms with van der Waals surface area (Å²) in [5, 5.41) is 3.24. The van der Waals surface area contributed by atoms with Crippen molar-refractivity contribution in [3.8, 4) is 5.75 Å². The van der Waals surface area contributed by atoms with Crippen molar-refractivity contribution in [3.63, 3.8) is 0 Å². The average molecular weight is 207 g/mol. The maximum Gasteiger partial charge on any atom is 0.122 e. The Balaban J connectivity index is 2.57. The molecule has 1 rings (SSSR count). The molecule has 0 saturated carbocycles. The first-order valence-corrected chi connectivity index (χ1v) is 5.56. The van der Waals surface area contributed by atoms with Crippen LogP contribution in [0.2, 0.25) is 0 Å². The number of hydrogen-bond acceptors (Lipinski definition) is 2. The third kappa shape index (κ3) is 3.56. The largest absolute Gasteiger partial charge is 0.492 e. The Kier molecular flexibility index (Phi) is 4.63. The summed E-state index contributed by atoms with van der Waals surface area (Å²) in [7, 11) is 0. The average Bonchev–Trinajstić information content (AvgIpc) is 2.20. The highest BCUT2D eigenvalue weighted by Gasteiger charge is 2.02. The van der Waals surface area contributed by atoms with E-state index in [-0.39, 0.29) is 0 Å². The van der Waals surface area contributed by atoms with Crippen molar-refractivity contribution in [3.05, 3.63) is 28.8 Å². The summed E-state index contributed by atoms with van der Waals surface area (Å²) in [4.78, 5) is 0. The van der Waals surface area contributed by atoms with Crippen LogP contribution in [0.3, 0.4) is 0 Å². The van der Waals surface area contributed by atoms with Crippen molar-refractivity contribution < 1.29 is 4.74 Å². The molecule has 2 nitrogen and oxygen atoms in total. The molecule has 0 aliphatic carbocycles. The number of hydrogen-bond donors (Lipinski definition) is 1. The van der Waals surface area contributed by atoms with E-state index in [1.54, 1.807) is 0 Å². The van der Waals surface area contributed by atoms with E-state index in [1.807, 2.05) is 0 Å². The van der Waals surface area contributed by atoms with Gasteiger partial charge in [0, 0.05) is 6.54 Å². The number of likely N-dealkylation sites (N-methyl/N-ethyl adjacent to an activating group) is 1. The van der Waals surface area contributed by atoms with Crippen LogP contribution in [0.1, 0.15) is 23.6 Å². The molecule has 0 saturated heterocycles. The van der Waals surface area contributed by atoms with Crippen LogP contribution in [0.25, 0.3) is 0 Å². The molecule has 0 amide bonds. The summed E-state index contributed by atoms with van der Waals surface area (Å²) >= 11 is 0. The molecular weight excluding hydrogens is 186 g/mol. The van der Waals surface area contributed by atoms with E-state index in [0.717, 1.165) is 25.4 Å². The molecule has 84 valence electrons. The first-order chi connectivity index (χ1) is 7.15. The maximum absolute atomic E-state index is 5.71. The fourth-order valence-corrected chi connectivity index (χ4v) is 1.50. The molecule has 1 aromatic rings. The van der Waals surface area contributed by atoms with Gasteiger partial charge in [-0.2, -0.15) is 0 Å². The van der Waals surface area contributed by atoms with Crippen LogP contribution in [0.5, 0.6) is 5.75 Å². The Hall–Kier alpha value is -1.02. The number of aryl methyl sites for hydroxylation is 3. The van der Waals surface area contributed by atoms with Gasteiger partial charge in [0.1, 0.15) is 12.4 Å². The minimum atomic E-state index is 0.733. The third-order valence-corrected chi connectivity index (χ3v) is 2.58. The highest BCUT2D eigenvalue weighted by atomic mass is 16.5. The van der Waals surface area contributed by atoms with E-state index in [9.17, 15) is 0 Å². The van der Waals surface area contributed by atoms with Gasteiger partial charge in [0.2, 0.25) is 0 Å². The second-order valence-electron chi connectivity index (χ2n) is 3.90. The van der Waals surface area contributed by atoms with Crippen LogP contribution >= 0.6 is 0 Å². The summed E-state index contributed by atoms with van der Waals surface area (Å²) in [6.45, 7) is 11.1. The molecule has 1 aromatic carbocycles. The minimum Gasteiger partial charge on any atom is -0.492 e. The summed E-state index contributed by atoms with van der Waals surface area (Å²) in [6, 6.07) is 4.30. The Bertz CT molecular complexity index is 321. The number of rotatable bonds is 5. The lowest BCUT2D eigenvalue weighted by Crippen LogP contribution is -2.20. The van der Waals surface area contributed by atoms with Crippen molar-refractivity contribution >= 4 is 0 Å². The monoisotopic (exact) mass is 207 g/mol. The zero-order chi connectivity index (χ0) is 11.3. The van der Waals surface area contributed by atoms with E-state index in [1.165, 1.54) is 16.7 Å². The second kappa shape index (κ2) is 5.76. The highest BCUT2D eigenvalue weighted by molar-refractivity contribution is 5.40. The number of ether oxygens (including phenoxy) is 1. The van der Waals surface area contributed by atoms with Gasteiger partial charge >= 0.3 is 0 Å². The Labute approximate surface area is 92.6 Å². The third-order valence-electron chi connectivity index (χ3n) is 2.58. The van der Waals surface area contributed by atoms with Crippen LogP contribution in [-0.4, -0.2) is 19.7 Å². The van der Waals surface area contributed by atoms with Gasteiger partial charge in [-0.15, -0.1) is 0 Å². The molecule has 0 aromatic heterocycles. The molecule has 0 radical (unpaired) electrons.